The fourth-order valence-electron chi connectivity index (χ4n) is 5.20. The van der Waals surface area contributed by atoms with Gasteiger partial charge in [-0.1, -0.05) is 13.8 Å². The van der Waals surface area contributed by atoms with Gasteiger partial charge in [0.2, 0.25) is 5.91 Å². The average Bonchev–Trinajstić information content (AvgIpc) is 3.66. The molecule has 2 fully saturated rings. The van der Waals surface area contributed by atoms with E-state index in [0.717, 1.165) is 36.5 Å². The molecule has 3 N–H and O–H groups in total. The van der Waals surface area contributed by atoms with Crippen molar-refractivity contribution in [3.05, 3.63) is 16.8 Å². The predicted octanol–water partition coefficient (Wildman–Crippen LogP) is 2.38. The summed E-state index contributed by atoms with van der Waals surface area (Å²) in [6, 6.07) is -0.00825. The minimum atomic E-state index is -0.460. The molecule has 194 valence electrons. The van der Waals surface area contributed by atoms with Crippen LogP contribution in [-0.4, -0.2) is 71.4 Å². The number of aliphatic hydroxyl groups excluding tert-OH is 1. The molecule has 1 amide bonds. The van der Waals surface area contributed by atoms with Crippen molar-refractivity contribution in [1.82, 2.24) is 9.88 Å². The minimum absolute atomic E-state index is 0.00825. The van der Waals surface area contributed by atoms with E-state index in [1.54, 1.807) is 0 Å². The number of nitrogen functional groups attached to an aromatic ring is 1. The summed E-state index contributed by atoms with van der Waals surface area (Å²) in [7, 11) is 0. The number of carbonyl (C=O) groups excluding carboxylic acids is 2. The van der Waals surface area contributed by atoms with Gasteiger partial charge < -0.3 is 30.1 Å². The van der Waals surface area contributed by atoms with E-state index >= 15 is 0 Å². The van der Waals surface area contributed by atoms with Crippen molar-refractivity contribution in [2.45, 2.75) is 84.0 Å². The second-order valence-corrected chi connectivity index (χ2v) is 11.0. The third kappa shape index (κ3) is 5.72. The average molecular weight is 489 g/mol. The maximum Gasteiger partial charge on any atom is 0.306 e. The van der Waals surface area contributed by atoms with Gasteiger partial charge >= 0.3 is 5.97 Å². The van der Waals surface area contributed by atoms with Crippen LogP contribution in [-0.2, 0) is 32.1 Å². The van der Waals surface area contributed by atoms with Crippen molar-refractivity contribution in [3.63, 3.8) is 0 Å². The van der Waals surface area contributed by atoms with Crippen molar-refractivity contribution in [2.75, 3.05) is 43.5 Å². The Hall–Kier alpha value is -2.39. The number of rotatable bonds is 8. The van der Waals surface area contributed by atoms with E-state index in [0.29, 0.717) is 32.2 Å². The number of nitrogens with two attached hydrogens (primary N) is 1. The number of hydrogen-bond donors (Lipinski definition) is 2. The van der Waals surface area contributed by atoms with Gasteiger partial charge in [-0.05, 0) is 38.2 Å². The van der Waals surface area contributed by atoms with E-state index in [1.165, 1.54) is 11.1 Å². The summed E-state index contributed by atoms with van der Waals surface area (Å²) >= 11 is 0. The van der Waals surface area contributed by atoms with Crippen LogP contribution < -0.4 is 10.6 Å². The molecule has 3 aliphatic rings. The Morgan fingerprint density at radius 2 is 1.97 bits per heavy atom. The van der Waals surface area contributed by atoms with Gasteiger partial charge in [0, 0.05) is 44.0 Å². The summed E-state index contributed by atoms with van der Waals surface area (Å²) < 4.78 is 11.0. The lowest BCUT2D eigenvalue weighted by Crippen LogP contribution is -2.57. The number of hydrogen-bond acceptors (Lipinski definition) is 8. The van der Waals surface area contributed by atoms with Gasteiger partial charge in [0.25, 0.3) is 0 Å². The summed E-state index contributed by atoms with van der Waals surface area (Å²) in [5.41, 5.74) is 10.7. The van der Waals surface area contributed by atoms with Crippen molar-refractivity contribution in [2.24, 2.45) is 5.92 Å². The van der Waals surface area contributed by atoms with Crippen LogP contribution in [0.3, 0.4) is 0 Å². The van der Waals surface area contributed by atoms with E-state index in [4.69, 9.17) is 25.3 Å². The number of carbonyl (C=O) groups is 2. The number of anilines is 2. The van der Waals surface area contributed by atoms with Crippen LogP contribution in [0.1, 0.15) is 76.1 Å². The van der Waals surface area contributed by atoms with E-state index in [9.17, 15) is 9.59 Å². The first-order chi connectivity index (χ1) is 16.6. The number of esters is 1. The van der Waals surface area contributed by atoms with Crippen LogP contribution in [0.15, 0.2) is 0 Å². The predicted molar refractivity (Wildman–Crippen MR) is 133 cm³/mol. The Morgan fingerprint density at radius 3 is 2.63 bits per heavy atom. The molecule has 35 heavy (non-hydrogen) atoms. The van der Waals surface area contributed by atoms with Crippen LogP contribution in [0.2, 0.25) is 0 Å². The van der Waals surface area contributed by atoms with Crippen molar-refractivity contribution < 1.29 is 24.2 Å². The molecule has 1 atom stereocenters. The van der Waals surface area contributed by atoms with Gasteiger partial charge in [0.15, 0.2) is 5.82 Å². The lowest BCUT2D eigenvalue weighted by molar-refractivity contribution is -0.147. The standard InChI is InChI=1S/C26H40N4O5/c1-16(2)20-14-29(9-10-30(20)21(32)7-8-22(33)34-12-11-31)25-23(27)18-13-26(3,4)35-15-19(18)24(28-25)17-5-6-17/h16-17,20,31H,5-15,27H2,1-4H3/t20-/m0/s1. The maximum atomic E-state index is 13.0. The van der Waals surface area contributed by atoms with Crippen molar-refractivity contribution in [3.8, 4) is 0 Å². The van der Waals surface area contributed by atoms with Gasteiger partial charge in [-0.3, -0.25) is 9.59 Å². The van der Waals surface area contributed by atoms with E-state index in [-0.39, 0.29) is 49.5 Å². The zero-order valence-electron chi connectivity index (χ0n) is 21.5. The molecule has 0 radical (unpaired) electrons. The lowest BCUT2D eigenvalue weighted by Gasteiger charge is -2.45. The summed E-state index contributed by atoms with van der Waals surface area (Å²) in [5, 5.41) is 8.80. The second kappa shape index (κ2) is 10.3. The molecule has 1 saturated carbocycles. The normalized spacial score (nSPS) is 21.7. The third-order valence-corrected chi connectivity index (χ3v) is 7.34. The molecule has 9 nitrogen and oxygen atoms in total. The van der Waals surface area contributed by atoms with E-state index < -0.39 is 5.97 Å². The number of aromatic nitrogens is 1. The molecule has 0 unspecified atom stereocenters. The number of pyridine rings is 1. The first kappa shape index (κ1) is 25.7. The number of ether oxygens (including phenoxy) is 2. The SMILES string of the molecule is CC(C)[C@@H]1CN(c2nc(C3CC3)c3c(c2N)CC(C)(C)OC3)CCN1C(=O)CCC(=O)OCCO. The Labute approximate surface area is 208 Å². The fraction of sp³-hybridized carbons (Fsp3) is 0.731. The van der Waals surface area contributed by atoms with Gasteiger partial charge in [-0.15, -0.1) is 0 Å². The first-order valence-electron chi connectivity index (χ1n) is 12.9. The Morgan fingerprint density at radius 1 is 1.23 bits per heavy atom. The summed E-state index contributed by atoms with van der Waals surface area (Å²) in [4.78, 5) is 34.1. The molecule has 2 aliphatic heterocycles. The maximum absolute atomic E-state index is 13.0. The van der Waals surface area contributed by atoms with Gasteiger partial charge in [0.05, 0.1) is 42.7 Å². The number of piperazine rings is 1. The highest BCUT2D eigenvalue weighted by atomic mass is 16.5. The number of amides is 1. The van der Waals surface area contributed by atoms with Crippen LogP contribution in [0.4, 0.5) is 11.5 Å². The van der Waals surface area contributed by atoms with Gasteiger partial charge in [-0.25, -0.2) is 4.98 Å². The highest BCUT2D eigenvalue weighted by Crippen LogP contribution is 2.46. The van der Waals surface area contributed by atoms with Crippen molar-refractivity contribution >= 4 is 23.4 Å². The molecule has 1 aromatic heterocycles. The molecule has 0 aromatic carbocycles. The Balaban J connectivity index is 1.53. The van der Waals surface area contributed by atoms with Crippen molar-refractivity contribution in [1.29, 1.82) is 0 Å². The molecule has 0 bridgehead atoms. The Kier molecular flexibility index (Phi) is 7.57. The van der Waals surface area contributed by atoms with Crippen LogP contribution in [0, 0.1) is 5.92 Å². The Bertz CT molecular complexity index is 960. The van der Waals surface area contributed by atoms with Gasteiger partial charge in [0.1, 0.15) is 6.61 Å². The molecule has 1 aromatic rings. The molecule has 1 saturated heterocycles. The quantitative estimate of drug-likeness (QED) is 0.536. The monoisotopic (exact) mass is 488 g/mol. The van der Waals surface area contributed by atoms with E-state index in [1.807, 2.05) is 4.90 Å². The molecular formula is C26H40N4O5. The number of nitrogens with zero attached hydrogens (tertiary/aromatic N) is 3. The summed E-state index contributed by atoms with van der Waals surface area (Å²) in [6.07, 6.45) is 3.20. The minimum Gasteiger partial charge on any atom is -0.463 e. The van der Waals surface area contributed by atoms with Crippen LogP contribution >= 0.6 is 0 Å². The van der Waals surface area contributed by atoms with E-state index in [2.05, 4.69) is 32.6 Å². The zero-order valence-corrected chi connectivity index (χ0v) is 21.5. The smallest absolute Gasteiger partial charge is 0.306 e. The number of aliphatic hydroxyl groups is 1. The van der Waals surface area contributed by atoms with Crippen LogP contribution in [0.25, 0.3) is 0 Å². The molecule has 4 rings (SSSR count). The topological polar surface area (TPSA) is 118 Å². The highest BCUT2D eigenvalue weighted by Gasteiger charge is 2.39. The first-order valence-corrected chi connectivity index (χ1v) is 12.9. The molecule has 0 spiro atoms. The molecule has 1 aliphatic carbocycles. The molecule has 9 heteroatoms. The summed E-state index contributed by atoms with van der Waals surface area (Å²) in [6.45, 7) is 10.6. The third-order valence-electron chi connectivity index (χ3n) is 7.34. The lowest BCUT2D eigenvalue weighted by atomic mass is 9.89. The molecule has 3 heterocycles. The molecular weight excluding hydrogens is 448 g/mol. The zero-order chi connectivity index (χ0) is 25.3. The highest BCUT2D eigenvalue weighted by molar-refractivity contribution is 5.82. The van der Waals surface area contributed by atoms with Crippen LogP contribution in [0.5, 0.6) is 0 Å². The second-order valence-electron chi connectivity index (χ2n) is 11.0. The fourth-order valence-corrected chi connectivity index (χ4v) is 5.20. The largest absolute Gasteiger partial charge is 0.463 e. The summed E-state index contributed by atoms with van der Waals surface area (Å²) in [5.74, 6) is 1.05. The van der Waals surface area contributed by atoms with Gasteiger partial charge in [-0.2, -0.15) is 0 Å². The number of fused-ring (bicyclic) bond motifs is 1.